The van der Waals surface area contributed by atoms with E-state index in [1.807, 2.05) is 13.0 Å². The largest absolute Gasteiger partial charge is 0.207 e. The van der Waals surface area contributed by atoms with Gasteiger partial charge in [0.15, 0.2) is 0 Å². The molecule has 0 nitrogen and oxygen atoms in total. The molecule has 0 saturated heterocycles. The van der Waals surface area contributed by atoms with Crippen LogP contribution in [-0.4, -0.2) is 0 Å². The predicted octanol–water partition coefficient (Wildman–Crippen LogP) is 3.67. The van der Waals surface area contributed by atoms with Crippen LogP contribution in [0.25, 0.3) is 0 Å². The molecule has 0 aliphatic carbocycles. The van der Waals surface area contributed by atoms with E-state index in [0.717, 1.165) is 12.0 Å². The third kappa shape index (κ3) is 2.03. The van der Waals surface area contributed by atoms with Crippen LogP contribution in [0.4, 0.5) is 4.39 Å². The molecule has 60 valence electrons. The summed E-state index contributed by atoms with van der Waals surface area (Å²) in [7, 11) is 0. The molecule has 1 atom stereocenters. The lowest BCUT2D eigenvalue weighted by Crippen LogP contribution is -1.91. The summed E-state index contributed by atoms with van der Waals surface area (Å²) in [6.45, 7) is 2.02. The second kappa shape index (κ2) is 3.86. The number of hydrogen-bond donors (Lipinski definition) is 0. The Kier molecular flexibility index (Phi) is 3.06. The van der Waals surface area contributed by atoms with Gasteiger partial charge in [-0.15, -0.1) is 0 Å². The van der Waals surface area contributed by atoms with Gasteiger partial charge in [-0.2, -0.15) is 0 Å². The normalized spacial score (nSPS) is 13.0. The molecule has 0 fully saturated rings. The van der Waals surface area contributed by atoms with Gasteiger partial charge in [0.25, 0.3) is 0 Å². The van der Waals surface area contributed by atoms with Crippen molar-refractivity contribution in [1.29, 1.82) is 0 Å². The van der Waals surface area contributed by atoms with Crippen molar-refractivity contribution in [2.45, 2.75) is 18.2 Å². The molecule has 1 aromatic rings. The second-order valence-electron chi connectivity index (χ2n) is 2.40. The van der Waals surface area contributed by atoms with Crippen molar-refractivity contribution in [3.8, 4) is 0 Å². The molecule has 0 amide bonds. The minimum atomic E-state index is -0.128. The van der Waals surface area contributed by atoms with Crippen LogP contribution in [0.5, 0.6) is 0 Å². The van der Waals surface area contributed by atoms with Crippen LogP contribution in [0, 0.1) is 5.82 Å². The third-order valence-corrected chi connectivity index (χ3v) is 2.74. The molecule has 0 heterocycles. The molecule has 11 heavy (non-hydrogen) atoms. The van der Waals surface area contributed by atoms with Gasteiger partial charge in [0.1, 0.15) is 5.82 Å². The average Bonchev–Trinajstić information content (AvgIpc) is 2.04. The molecule has 1 unspecified atom stereocenters. The fourth-order valence-electron chi connectivity index (χ4n) is 0.949. The number of rotatable bonds is 2. The summed E-state index contributed by atoms with van der Waals surface area (Å²) in [5, 5.41) is 0. The summed E-state index contributed by atoms with van der Waals surface area (Å²) < 4.78 is 13.0. The van der Waals surface area contributed by atoms with Crippen LogP contribution in [0.1, 0.15) is 23.7 Å². The minimum Gasteiger partial charge on any atom is -0.207 e. The van der Waals surface area contributed by atoms with Gasteiger partial charge in [-0.25, -0.2) is 4.39 Å². The first kappa shape index (κ1) is 8.72. The first-order valence-corrected chi connectivity index (χ1v) is 4.55. The van der Waals surface area contributed by atoms with Crippen molar-refractivity contribution < 1.29 is 4.39 Å². The predicted molar refractivity (Wildman–Crippen MR) is 48.4 cm³/mol. The molecule has 0 bridgehead atoms. The summed E-state index contributed by atoms with van der Waals surface area (Å²) in [6.07, 6.45) is 0.904. The van der Waals surface area contributed by atoms with Gasteiger partial charge in [-0.3, -0.25) is 0 Å². The first-order valence-electron chi connectivity index (χ1n) is 3.64. The highest BCUT2D eigenvalue weighted by atomic mass is 79.9. The molecule has 2 heteroatoms. The molecule has 0 aromatic heterocycles. The Hall–Kier alpha value is -0.370. The highest BCUT2D eigenvalue weighted by molar-refractivity contribution is 9.09. The number of benzene rings is 1. The Morgan fingerprint density at radius 3 is 2.64 bits per heavy atom. The van der Waals surface area contributed by atoms with Crippen molar-refractivity contribution in [3.63, 3.8) is 0 Å². The molecule has 0 aliphatic rings. The van der Waals surface area contributed by atoms with Gasteiger partial charge in [0, 0.05) is 10.4 Å². The van der Waals surface area contributed by atoms with E-state index in [4.69, 9.17) is 0 Å². The van der Waals surface area contributed by atoms with E-state index in [9.17, 15) is 4.39 Å². The highest BCUT2D eigenvalue weighted by Crippen LogP contribution is 2.27. The standard InChI is InChI=1S/C9H10BrF/c1-2-8(10)7-5-3-4-6-9(7)11/h3-6,8H,2H2,1H3. The summed E-state index contributed by atoms with van der Waals surface area (Å²) in [5.74, 6) is -0.128. The molecule has 0 spiro atoms. The van der Waals surface area contributed by atoms with Gasteiger partial charge in [0.2, 0.25) is 0 Å². The smallest absolute Gasteiger partial charge is 0.127 e. The lowest BCUT2D eigenvalue weighted by atomic mass is 10.1. The van der Waals surface area contributed by atoms with E-state index in [1.165, 1.54) is 6.07 Å². The van der Waals surface area contributed by atoms with Crippen LogP contribution in [0.15, 0.2) is 24.3 Å². The van der Waals surface area contributed by atoms with Crippen molar-refractivity contribution in [2.24, 2.45) is 0 Å². The fourth-order valence-corrected chi connectivity index (χ4v) is 1.32. The van der Waals surface area contributed by atoms with Gasteiger partial charge >= 0.3 is 0 Å². The van der Waals surface area contributed by atoms with Crippen molar-refractivity contribution in [1.82, 2.24) is 0 Å². The third-order valence-electron chi connectivity index (χ3n) is 1.60. The fraction of sp³-hybridized carbons (Fsp3) is 0.333. The first-order chi connectivity index (χ1) is 5.25. The summed E-state index contributed by atoms with van der Waals surface area (Å²) >= 11 is 3.40. The molecule has 0 N–H and O–H groups in total. The van der Waals surface area contributed by atoms with Crippen molar-refractivity contribution >= 4 is 15.9 Å². The SMILES string of the molecule is CCC(Br)c1ccccc1F. The van der Waals surface area contributed by atoms with Crippen LogP contribution in [0.3, 0.4) is 0 Å². The van der Waals surface area contributed by atoms with Gasteiger partial charge in [-0.05, 0) is 12.5 Å². The average molecular weight is 217 g/mol. The summed E-state index contributed by atoms with van der Waals surface area (Å²) in [5.41, 5.74) is 0.745. The number of alkyl halides is 1. The van der Waals surface area contributed by atoms with Gasteiger partial charge in [-0.1, -0.05) is 41.1 Å². The highest BCUT2D eigenvalue weighted by Gasteiger charge is 2.08. The minimum absolute atomic E-state index is 0.128. The Bertz CT molecular complexity index is 235. The molecular formula is C9H10BrF. The Balaban J connectivity index is 2.93. The van der Waals surface area contributed by atoms with Gasteiger partial charge < -0.3 is 0 Å². The van der Waals surface area contributed by atoms with Crippen molar-refractivity contribution in [2.75, 3.05) is 0 Å². The Morgan fingerprint density at radius 1 is 1.45 bits per heavy atom. The number of halogens is 2. The summed E-state index contributed by atoms with van der Waals surface area (Å²) in [6, 6.07) is 6.84. The van der Waals surface area contributed by atoms with E-state index in [-0.39, 0.29) is 10.6 Å². The molecule has 1 aromatic carbocycles. The monoisotopic (exact) mass is 216 g/mol. The summed E-state index contributed by atoms with van der Waals surface area (Å²) in [4.78, 5) is 0.142. The number of hydrogen-bond acceptors (Lipinski definition) is 0. The zero-order valence-corrected chi connectivity index (χ0v) is 7.94. The van der Waals surface area contributed by atoms with E-state index in [1.54, 1.807) is 12.1 Å². The van der Waals surface area contributed by atoms with Crippen LogP contribution in [0.2, 0.25) is 0 Å². The lowest BCUT2D eigenvalue weighted by molar-refractivity contribution is 0.606. The van der Waals surface area contributed by atoms with E-state index < -0.39 is 0 Å². The quantitative estimate of drug-likeness (QED) is 0.663. The molecule has 0 aliphatic heterocycles. The van der Waals surface area contributed by atoms with E-state index in [2.05, 4.69) is 15.9 Å². The maximum absolute atomic E-state index is 13.0. The molecule has 0 saturated carbocycles. The Morgan fingerprint density at radius 2 is 2.09 bits per heavy atom. The van der Waals surface area contributed by atoms with Gasteiger partial charge in [0.05, 0.1) is 0 Å². The van der Waals surface area contributed by atoms with E-state index in [0.29, 0.717) is 0 Å². The molecular weight excluding hydrogens is 207 g/mol. The zero-order valence-electron chi connectivity index (χ0n) is 6.35. The van der Waals surface area contributed by atoms with E-state index >= 15 is 0 Å². The molecule has 1 rings (SSSR count). The van der Waals surface area contributed by atoms with Crippen LogP contribution >= 0.6 is 15.9 Å². The topological polar surface area (TPSA) is 0 Å². The molecule has 0 radical (unpaired) electrons. The lowest BCUT2D eigenvalue weighted by Gasteiger charge is -2.06. The zero-order chi connectivity index (χ0) is 8.27. The maximum Gasteiger partial charge on any atom is 0.127 e. The second-order valence-corrected chi connectivity index (χ2v) is 3.50. The maximum atomic E-state index is 13.0. The van der Waals surface area contributed by atoms with Crippen LogP contribution < -0.4 is 0 Å². The van der Waals surface area contributed by atoms with Crippen molar-refractivity contribution in [3.05, 3.63) is 35.6 Å². The Labute approximate surface area is 74.6 Å². The van der Waals surface area contributed by atoms with Crippen LogP contribution in [-0.2, 0) is 0 Å².